The van der Waals surface area contributed by atoms with E-state index in [1.54, 1.807) is 7.05 Å². The third kappa shape index (κ3) is 5.00. The molecule has 1 atom stereocenters. The van der Waals surface area contributed by atoms with Gasteiger partial charge >= 0.3 is 0 Å². The van der Waals surface area contributed by atoms with Crippen molar-refractivity contribution in [3.63, 3.8) is 0 Å². The molecule has 1 aromatic carbocycles. The van der Waals surface area contributed by atoms with Gasteiger partial charge in [-0.1, -0.05) is 36.9 Å². The van der Waals surface area contributed by atoms with Gasteiger partial charge in [0.05, 0.1) is 18.2 Å². The van der Waals surface area contributed by atoms with E-state index < -0.39 is 0 Å². The average molecular weight is 386 g/mol. The first-order valence-electron chi connectivity index (χ1n) is 10.0. The molecule has 2 fully saturated rings. The number of morpholine rings is 1. The van der Waals surface area contributed by atoms with Crippen molar-refractivity contribution < 1.29 is 14.3 Å². The zero-order chi connectivity index (χ0) is 20.1. The first kappa shape index (κ1) is 20.6. The second-order valence-electron chi connectivity index (χ2n) is 8.05. The molecule has 0 N–H and O–H groups in total. The molecule has 6 nitrogen and oxygen atoms in total. The summed E-state index contributed by atoms with van der Waals surface area (Å²) < 4.78 is 6.39. The summed E-state index contributed by atoms with van der Waals surface area (Å²) in [5, 5.41) is 0. The number of benzene rings is 1. The molecule has 2 aliphatic heterocycles. The molecule has 0 radical (unpaired) electrons. The molecule has 1 unspecified atom stereocenters. The quantitative estimate of drug-likeness (QED) is 0.727. The Bertz CT molecular complexity index is 698. The lowest BCUT2D eigenvalue weighted by molar-refractivity contribution is -0.175. The summed E-state index contributed by atoms with van der Waals surface area (Å²) in [5.41, 5.74) is 1.13. The normalized spacial score (nSPS) is 22.1. The van der Waals surface area contributed by atoms with Crippen LogP contribution in [-0.2, 0) is 20.9 Å². The van der Waals surface area contributed by atoms with E-state index in [2.05, 4.69) is 42.7 Å². The van der Waals surface area contributed by atoms with Crippen molar-refractivity contribution in [1.29, 1.82) is 0 Å². The predicted molar refractivity (Wildman–Crippen MR) is 109 cm³/mol. The average Bonchev–Trinajstić information content (AvgIpc) is 2.68. The third-order valence-corrected chi connectivity index (χ3v) is 5.68. The smallest absolute Gasteiger partial charge is 0.246 e. The third-order valence-electron chi connectivity index (χ3n) is 5.68. The van der Waals surface area contributed by atoms with E-state index in [-0.39, 0.29) is 30.1 Å². The molecule has 2 saturated heterocycles. The van der Waals surface area contributed by atoms with Gasteiger partial charge < -0.3 is 14.5 Å². The highest BCUT2D eigenvalue weighted by atomic mass is 16.5. The molecule has 1 spiro atoms. The summed E-state index contributed by atoms with van der Waals surface area (Å²) in [5.74, 6) is -0.250. The molecule has 0 aliphatic carbocycles. The number of rotatable bonds is 5. The lowest BCUT2D eigenvalue weighted by Gasteiger charge is -2.49. The lowest BCUT2D eigenvalue weighted by Crippen LogP contribution is -2.59. The van der Waals surface area contributed by atoms with Crippen LogP contribution >= 0.6 is 0 Å². The summed E-state index contributed by atoms with van der Waals surface area (Å²) in [6.07, 6.45) is 3.06. The first-order valence-corrected chi connectivity index (χ1v) is 10.0. The number of piperidine rings is 1. The van der Waals surface area contributed by atoms with Crippen molar-refractivity contribution in [2.45, 2.75) is 38.0 Å². The molecule has 2 heterocycles. The zero-order valence-electron chi connectivity index (χ0n) is 17.0. The van der Waals surface area contributed by atoms with E-state index in [0.717, 1.165) is 32.5 Å². The highest BCUT2D eigenvalue weighted by Crippen LogP contribution is 2.33. The molecule has 6 heteroatoms. The van der Waals surface area contributed by atoms with Crippen LogP contribution in [-0.4, -0.2) is 78.0 Å². The highest BCUT2D eigenvalue weighted by Gasteiger charge is 2.42. The van der Waals surface area contributed by atoms with Gasteiger partial charge in [0.25, 0.3) is 0 Å². The maximum absolute atomic E-state index is 12.5. The molecule has 0 saturated carbocycles. The van der Waals surface area contributed by atoms with Crippen molar-refractivity contribution in [2.24, 2.45) is 0 Å². The Hall–Kier alpha value is -2.18. The molecule has 152 valence electrons. The van der Waals surface area contributed by atoms with Crippen LogP contribution in [0.5, 0.6) is 0 Å². The topological polar surface area (TPSA) is 53.1 Å². The van der Waals surface area contributed by atoms with Crippen molar-refractivity contribution in [2.75, 3.05) is 39.8 Å². The minimum absolute atomic E-state index is 0.0162. The summed E-state index contributed by atoms with van der Waals surface area (Å²) in [6, 6.07) is 10.5. The number of likely N-dealkylation sites (tertiary alicyclic amines) is 1. The van der Waals surface area contributed by atoms with Crippen LogP contribution in [0.4, 0.5) is 0 Å². The van der Waals surface area contributed by atoms with Crippen molar-refractivity contribution in [3.05, 3.63) is 48.6 Å². The molecule has 2 aliphatic rings. The van der Waals surface area contributed by atoms with Gasteiger partial charge in [0.2, 0.25) is 11.8 Å². The fourth-order valence-electron chi connectivity index (χ4n) is 4.28. The van der Waals surface area contributed by atoms with Crippen LogP contribution < -0.4 is 0 Å². The zero-order valence-corrected chi connectivity index (χ0v) is 17.0. The number of likely N-dealkylation sites (N-methyl/N-ethyl adjacent to an activating group) is 1. The van der Waals surface area contributed by atoms with Gasteiger partial charge in [-0.25, -0.2) is 0 Å². The molecule has 28 heavy (non-hydrogen) atoms. The largest absolute Gasteiger partial charge is 0.369 e. The SMILES string of the molecule is C=CC(=O)N(C)CC(=O)N1CCC2(CC1)CN(Cc1ccccc1)CC(C)O2. The molecule has 0 bridgehead atoms. The molecule has 0 aromatic heterocycles. The molecule has 3 rings (SSSR count). The fourth-order valence-corrected chi connectivity index (χ4v) is 4.28. The predicted octanol–water partition coefficient (Wildman–Crippen LogP) is 1.91. The number of amides is 2. The van der Waals surface area contributed by atoms with Crippen molar-refractivity contribution >= 4 is 11.8 Å². The van der Waals surface area contributed by atoms with Gasteiger partial charge in [-0.05, 0) is 31.4 Å². The molecular weight excluding hydrogens is 354 g/mol. The minimum atomic E-state index is -0.233. The highest BCUT2D eigenvalue weighted by molar-refractivity contribution is 5.90. The van der Waals surface area contributed by atoms with Crippen LogP contribution in [0.1, 0.15) is 25.3 Å². The maximum Gasteiger partial charge on any atom is 0.246 e. The Morgan fingerprint density at radius 1 is 1.29 bits per heavy atom. The van der Waals surface area contributed by atoms with Gasteiger partial charge in [-0.3, -0.25) is 14.5 Å². The van der Waals surface area contributed by atoms with Crippen molar-refractivity contribution in [3.8, 4) is 0 Å². The van der Waals surface area contributed by atoms with Gasteiger partial charge in [-0.2, -0.15) is 0 Å². The van der Waals surface area contributed by atoms with E-state index in [1.165, 1.54) is 16.5 Å². The van der Waals surface area contributed by atoms with Gasteiger partial charge in [0.15, 0.2) is 0 Å². The second-order valence-corrected chi connectivity index (χ2v) is 8.05. The van der Waals surface area contributed by atoms with Crippen LogP contribution in [0.2, 0.25) is 0 Å². The monoisotopic (exact) mass is 385 g/mol. The van der Waals surface area contributed by atoms with E-state index >= 15 is 0 Å². The van der Waals surface area contributed by atoms with Gasteiger partial charge in [0.1, 0.15) is 0 Å². The number of carbonyl (C=O) groups is 2. The Morgan fingerprint density at radius 2 is 1.96 bits per heavy atom. The van der Waals surface area contributed by atoms with Gasteiger partial charge in [-0.15, -0.1) is 0 Å². The number of hydrogen-bond acceptors (Lipinski definition) is 4. The van der Waals surface area contributed by atoms with E-state index in [4.69, 9.17) is 4.74 Å². The summed E-state index contributed by atoms with van der Waals surface area (Å²) in [6.45, 7) is 9.76. The lowest BCUT2D eigenvalue weighted by atomic mass is 9.88. The summed E-state index contributed by atoms with van der Waals surface area (Å²) in [4.78, 5) is 29.8. The number of ether oxygens (including phenoxy) is 1. The number of hydrogen-bond donors (Lipinski definition) is 0. The van der Waals surface area contributed by atoms with Crippen LogP contribution in [0.3, 0.4) is 0 Å². The minimum Gasteiger partial charge on any atom is -0.369 e. The van der Waals surface area contributed by atoms with E-state index in [9.17, 15) is 9.59 Å². The fraction of sp³-hybridized carbons (Fsp3) is 0.545. The number of carbonyl (C=O) groups excluding carboxylic acids is 2. The molecular formula is C22H31N3O3. The Morgan fingerprint density at radius 3 is 2.61 bits per heavy atom. The Labute approximate surface area is 167 Å². The molecule has 2 amide bonds. The van der Waals surface area contributed by atoms with Gasteiger partial charge in [0, 0.05) is 39.8 Å². The molecule has 1 aromatic rings. The van der Waals surface area contributed by atoms with Crippen LogP contribution in [0, 0.1) is 0 Å². The Balaban J connectivity index is 1.56. The Kier molecular flexibility index (Phi) is 6.52. The van der Waals surface area contributed by atoms with Crippen LogP contribution in [0.25, 0.3) is 0 Å². The number of nitrogens with zero attached hydrogens (tertiary/aromatic N) is 3. The second kappa shape index (κ2) is 8.88. The summed E-state index contributed by atoms with van der Waals surface area (Å²) >= 11 is 0. The van der Waals surface area contributed by atoms with E-state index in [1.807, 2.05) is 11.0 Å². The standard InChI is InChI=1S/C22H31N3O3/c1-4-20(26)23(3)16-21(27)25-12-10-22(11-13-25)17-24(14-18(2)28-22)15-19-8-6-5-7-9-19/h4-9,18H,1,10-17H2,2-3H3. The van der Waals surface area contributed by atoms with Crippen molar-refractivity contribution in [1.82, 2.24) is 14.7 Å². The maximum atomic E-state index is 12.5. The summed E-state index contributed by atoms with van der Waals surface area (Å²) in [7, 11) is 1.63. The first-order chi connectivity index (χ1) is 13.4. The van der Waals surface area contributed by atoms with Crippen LogP contribution in [0.15, 0.2) is 43.0 Å². The van der Waals surface area contributed by atoms with E-state index in [0.29, 0.717) is 13.1 Å².